The number of nitrogens with zero attached hydrogens (tertiary/aromatic N) is 2. The van der Waals surface area contributed by atoms with Crippen LogP contribution in [-0.2, 0) is 9.59 Å². The molecule has 1 saturated heterocycles. The second-order valence-corrected chi connectivity index (χ2v) is 8.33. The van der Waals surface area contributed by atoms with Gasteiger partial charge >= 0.3 is 0 Å². The number of hydrogen-bond acceptors (Lipinski definition) is 3. The lowest BCUT2D eigenvalue weighted by Crippen LogP contribution is -2.38. The van der Waals surface area contributed by atoms with Crippen molar-refractivity contribution in [3.63, 3.8) is 0 Å². The second kappa shape index (κ2) is 5.86. The summed E-state index contributed by atoms with van der Waals surface area (Å²) in [6.07, 6.45) is 3.58. The highest BCUT2D eigenvalue weighted by atomic mass is 32.2. The predicted octanol–water partition coefficient (Wildman–Crippen LogP) is 2.91. The molecule has 0 aromatic heterocycles. The Labute approximate surface area is 141 Å². The molecule has 1 aromatic carbocycles. The molecule has 2 atom stereocenters. The minimum absolute atomic E-state index is 0.128. The molecule has 4 rings (SSSR count). The summed E-state index contributed by atoms with van der Waals surface area (Å²) in [4.78, 5) is 30.3. The number of fused-ring (bicyclic) bond motifs is 1. The molecule has 2 amide bonds. The van der Waals surface area contributed by atoms with E-state index in [0.717, 1.165) is 31.5 Å². The monoisotopic (exact) mass is 330 g/mol. The summed E-state index contributed by atoms with van der Waals surface area (Å²) in [5, 5.41) is 0.502. The van der Waals surface area contributed by atoms with Crippen LogP contribution in [0.2, 0.25) is 0 Å². The molecule has 1 saturated carbocycles. The van der Waals surface area contributed by atoms with Crippen molar-refractivity contribution in [2.24, 2.45) is 5.92 Å². The van der Waals surface area contributed by atoms with Crippen molar-refractivity contribution in [1.82, 2.24) is 4.90 Å². The van der Waals surface area contributed by atoms with Gasteiger partial charge < -0.3 is 9.80 Å². The van der Waals surface area contributed by atoms with Crippen LogP contribution >= 0.6 is 11.8 Å². The van der Waals surface area contributed by atoms with Crippen molar-refractivity contribution in [3.8, 4) is 0 Å². The van der Waals surface area contributed by atoms with E-state index in [1.54, 1.807) is 0 Å². The molecule has 1 aromatic rings. The lowest BCUT2D eigenvalue weighted by atomic mass is 10.1. The second-order valence-electron chi connectivity index (χ2n) is 6.85. The highest BCUT2D eigenvalue weighted by Crippen LogP contribution is 2.39. The third-order valence-corrected chi connectivity index (χ3v) is 6.24. The number of thioether (sulfide) groups is 1. The zero-order valence-corrected chi connectivity index (χ0v) is 14.2. The fourth-order valence-electron chi connectivity index (χ4n) is 3.57. The topological polar surface area (TPSA) is 40.6 Å². The summed E-state index contributed by atoms with van der Waals surface area (Å²) in [7, 11) is 0. The van der Waals surface area contributed by atoms with Crippen LogP contribution in [0.15, 0.2) is 29.2 Å². The molecule has 5 heteroatoms. The van der Waals surface area contributed by atoms with Gasteiger partial charge in [0, 0.05) is 35.7 Å². The zero-order chi connectivity index (χ0) is 16.0. The van der Waals surface area contributed by atoms with Gasteiger partial charge in [-0.2, -0.15) is 0 Å². The minimum atomic E-state index is -0.172. The fraction of sp³-hybridized carbons (Fsp3) is 0.556. The Morgan fingerprint density at radius 1 is 1.22 bits per heavy atom. The quantitative estimate of drug-likeness (QED) is 0.837. The Morgan fingerprint density at radius 2 is 2.00 bits per heavy atom. The Morgan fingerprint density at radius 3 is 2.78 bits per heavy atom. The van der Waals surface area contributed by atoms with E-state index < -0.39 is 0 Å². The number of rotatable bonds is 2. The number of carbonyl (C=O) groups is 2. The first-order valence-corrected chi connectivity index (χ1v) is 9.38. The highest BCUT2D eigenvalue weighted by Gasteiger charge is 2.43. The first-order valence-electron chi connectivity index (χ1n) is 8.50. The number of amides is 2. The maximum absolute atomic E-state index is 13.1. The van der Waals surface area contributed by atoms with Gasteiger partial charge in [0.15, 0.2) is 0 Å². The molecule has 4 nitrogen and oxygen atoms in total. The number of likely N-dealkylation sites (tertiary alicyclic amines) is 1. The molecule has 2 heterocycles. The van der Waals surface area contributed by atoms with Gasteiger partial charge in [-0.25, -0.2) is 0 Å². The van der Waals surface area contributed by atoms with Crippen molar-refractivity contribution < 1.29 is 9.59 Å². The van der Waals surface area contributed by atoms with E-state index >= 15 is 0 Å². The van der Waals surface area contributed by atoms with Crippen LogP contribution in [0, 0.1) is 5.92 Å². The SMILES string of the molecule is C[C@H]1CCN(C(=O)[C@@H]2CC(=O)N(C3CC3)C2)c2ccccc2S1. The molecule has 0 unspecified atom stereocenters. The standard InChI is InChI=1S/C18H22N2O2S/c1-12-8-9-19(15-4-2-3-5-16(15)23-12)18(22)13-10-17(21)20(11-13)14-6-7-14/h2-5,12-14H,6-11H2,1H3/t12-,13+/m0/s1. The van der Waals surface area contributed by atoms with Crippen molar-refractivity contribution in [2.75, 3.05) is 18.0 Å². The van der Waals surface area contributed by atoms with Crippen LogP contribution in [0.1, 0.15) is 32.6 Å². The third kappa shape index (κ3) is 2.87. The van der Waals surface area contributed by atoms with E-state index in [2.05, 4.69) is 13.0 Å². The molecule has 122 valence electrons. The van der Waals surface area contributed by atoms with Crippen molar-refractivity contribution in [2.45, 2.75) is 48.8 Å². The largest absolute Gasteiger partial charge is 0.339 e. The predicted molar refractivity (Wildman–Crippen MR) is 91.6 cm³/mol. The lowest BCUT2D eigenvalue weighted by Gasteiger charge is -2.25. The average molecular weight is 330 g/mol. The zero-order valence-electron chi connectivity index (χ0n) is 13.4. The van der Waals surface area contributed by atoms with Gasteiger partial charge in [-0.3, -0.25) is 9.59 Å². The average Bonchev–Trinajstić information content (AvgIpc) is 3.32. The van der Waals surface area contributed by atoms with E-state index in [0.29, 0.717) is 24.3 Å². The van der Waals surface area contributed by atoms with E-state index in [1.165, 1.54) is 4.90 Å². The molecule has 1 aliphatic carbocycles. The Bertz CT molecular complexity index is 644. The van der Waals surface area contributed by atoms with Crippen molar-refractivity contribution >= 4 is 29.3 Å². The summed E-state index contributed by atoms with van der Waals surface area (Å²) in [5.74, 6) is 0.120. The smallest absolute Gasteiger partial charge is 0.232 e. The number of carbonyl (C=O) groups excluding carboxylic acids is 2. The normalized spacial score (nSPS) is 27.8. The number of para-hydroxylation sites is 1. The van der Waals surface area contributed by atoms with Gasteiger partial charge in [0.1, 0.15) is 0 Å². The Kier molecular flexibility index (Phi) is 3.84. The molecule has 2 fully saturated rings. The lowest BCUT2D eigenvalue weighted by molar-refractivity contribution is -0.128. The van der Waals surface area contributed by atoms with Crippen LogP contribution in [0.5, 0.6) is 0 Å². The first kappa shape index (κ1) is 15.1. The first-order chi connectivity index (χ1) is 11.1. The minimum Gasteiger partial charge on any atom is -0.339 e. The molecule has 3 aliphatic rings. The summed E-state index contributed by atoms with van der Waals surface area (Å²) >= 11 is 1.84. The molecule has 2 aliphatic heterocycles. The van der Waals surface area contributed by atoms with E-state index in [9.17, 15) is 9.59 Å². The van der Waals surface area contributed by atoms with Gasteiger partial charge in [0.25, 0.3) is 0 Å². The van der Waals surface area contributed by atoms with Gasteiger partial charge in [0.2, 0.25) is 11.8 Å². The van der Waals surface area contributed by atoms with Crippen LogP contribution in [-0.4, -0.2) is 41.1 Å². The van der Waals surface area contributed by atoms with E-state index in [1.807, 2.05) is 39.8 Å². The fourth-order valence-corrected chi connectivity index (χ4v) is 4.69. The number of hydrogen-bond donors (Lipinski definition) is 0. The van der Waals surface area contributed by atoms with Crippen LogP contribution in [0.25, 0.3) is 0 Å². The van der Waals surface area contributed by atoms with Crippen molar-refractivity contribution in [3.05, 3.63) is 24.3 Å². The van der Waals surface area contributed by atoms with Crippen molar-refractivity contribution in [1.29, 1.82) is 0 Å². The van der Waals surface area contributed by atoms with Gasteiger partial charge in [-0.1, -0.05) is 19.1 Å². The summed E-state index contributed by atoms with van der Waals surface area (Å²) in [6, 6.07) is 8.56. The van der Waals surface area contributed by atoms with Crippen LogP contribution < -0.4 is 4.90 Å². The molecule has 0 bridgehead atoms. The molecular formula is C18H22N2O2S. The maximum Gasteiger partial charge on any atom is 0.232 e. The highest BCUT2D eigenvalue weighted by molar-refractivity contribution is 8.00. The van der Waals surface area contributed by atoms with E-state index in [-0.39, 0.29) is 17.7 Å². The number of anilines is 1. The molecule has 0 N–H and O–H groups in total. The summed E-state index contributed by atoms with van der Waals surface area (Å²) in [6.45, 7) is 3.57. The summed E-state index contributed by atoms with van der Waals surface area (Å²) in [5.41, 5.74) is 1.02. The molecule has 0 spiro atoms. The van der Waals surface area contributed by atoms with Gasteiger partial charge in [-0.05, 0) is 31.4 Å². The molecular weight excluding hydrogens is 308 g/mol. The van der Waals surface area contributed by atoms with E-state index in [4.69, 9.17) is 0 Å². The number of benzene rings is 1. The Hall–Kier alpha value is -1.49. The van der Waals surface area contributed by atoms with Gasteiger partial charge in [0.05, 0.1) is 11.6 Å². The van der Waals surface area contributed by atoms with Crippen LogP contribution in [0.3, 0.4) is 0 Å². The van der Waals surface area contributed by atoms with Gasteiger partial charge in [-0.15, -0.1) is 11.8 Å². The Balaban J connectivity index is 1.57. The van der Waals surface area contributed by atoms with Crippen LogP contribution in [0.4, 0.5) is 5.69 Å². The summed E-state index contributed by atoms with van der Waals surface area (Å²) < 4.78 is 0. The maximum atomic E-state index is 13.1. The molecule has 23 heavy (non-hydrogen) atoms. The molecule has 0 radical (unpaired) electrons. The third-order valence-electron chi connectivity index (χ3n) is 5.00.